The summed E-state index contributed by atoms with van der Waals surface area (Å²) < 4.78 is 39.9. The Balaban J connectivity index is 2.52. The highest BCUT2D eigenvalue weighted by atomic mass is 79.9. The first-order valence-corrected chi connectivity index (χ1v) is 6.38. The predicted octanol–water partition coefficient (Wildman–Crippen LogP) is 4.44. The van der Waals surface area contributed by atoms with Crippen molar-refractivity contribution in [2.24, 2.45) is 0 Å². The summed E-state index contributed by atoms with van der Waals surface area (Å²) in [6.07, 6.45) is -1.58. The Labute approximate surface area is 114 Å². The van der Waals surface area contributed by atoms with Gasteiger partial charge in [-0.25, -0.2) is 4.68 Å². The molecule has 0 bridgehead atoms. The Hall–Kier alpha value is -1.01. The third-order valence-electron chi connectivity index (χ3n) is 2.36. The van der Waals surface area contributed by atoms with E-state index < -0.39 is 11.7 Å². The molecule has 96 valence electrons. The monoisotopic (exact) mass is 338 g/mol. The Kier molecular flexibility index (Phi) is 3.68. The van der Waals surface area contributed by atoms with Crippen LogP contribution in [0.15, 0.2) is 30.6 Å². The van der Waals surface area contributed by atoms with Gasteiger partial charge in [0.25, 0.3) is 0 Å². The molecule has 0 saturated heterocycles. The Bertz CT molecular complexity index is 566. The van der Waals surface area contributed by atoms with Crippen molar-refractivity contribution in [1.29, 1.82) is 0 Å². The molecule has 0 unspecified atom stereocenters. The molecule has 2 nitrogen and oxygen atoms in total. The summed E-state index contributed by atoms with van der Waals surface area (Å²) in [5, 5.41) is 4.38. The lowest BCUT2D eigenvalue weighted by Gasteiger charge is -2.13. The van der Waals surface area contributed by atoms with Crippen molar-refractivity contribution < 1.29 is 13.2 Å². The van der Waals surface area contributed by atoms with Crippen LogP contribution in [0.3, 0.4) is 0 Å². The standard InChI is InChI=1S/C11H7BrClF3N2/c12-4-7-1-2-9(3-10(7)11(14,15)16)18-6-8(13)5-17-18/h1-3,5-6H,4H2. The lowest BCUT2D eigenvalue weighted by molar-refractivity contribution is -0.138. The number of rotatable bonds is 2. The largest absolute Gasteiger partial charge is 0.416 e. The average molecular weight is 340 g/mol. The third-order valence-corrected chi connectivity index (χ3v) is 3.16. The molecule has 18 heavy (non-hydrogen) atoms. The van der Waals surface area contributed by atoms with Crippen LogP contribution in [-0.4, -0.2) is 9.78 Å². The normalized spacial score (nSPS) is 11.8. The molecular formula is C11H7BrClF3N2. The van der Waals surface area contributed by atoms with Gasteiger partial charge in [0.05, 0.1) is 22.5 Å². The summed E-state index contributed by atoms with van der Waals surface area (Å²) in [5.74, 6) is 0. The van der Waals surface area contributed by atoms with E-state index in [1.165, 1.54) is 23.1 Å². The van der Waals surface area contributed by atoms with Gasteiger partial charge in [0.1, 0.15) is 0 Å². The zero-order chi connectivity index (χ0) is 13.3. The molecule has 1 aromatic heterocycles. The Morgan fingerprint density at radius 1 is 1.33 bits per heavy atom. The van der Waals surface area contributed by atoms with Crippen LogP contribution in [0.4, 0.5) is 13.2 Å². The fourth-order valence-electron chi connectivity index (χ4n) is 1.53. The molecule has 1 aromatic carbocycles. The van der Waals surface area contributed by atoms with Crippen molar-refractivity contribution in [3.8, 4) is 5.69 Å². The molecule has 0 atom stereocenters. The molecular weight excluding hydrogens is 332 g/mol. The number of hydrogen-bond donors (Lipinski definition) is 0. The van der Waals surface area contributed by atoms with Gasteiger partial charge in [-0.2, -0.15) is 18.3 Å². The van der Waals surface area contributed by atoms with Crippen LogP contribution < -0.4 is 0 Å². The van der Waals surface area contributed by atoms with E-state index in [2.05, 4.69) is 21.0 Å². The van der Waals surface area contributed by atoms with E-state index in [-0.39, 0.29) is 10.9 Å². The van der Waals surface area contributed by atoms with Gasteiger partial charge < -0.3 is 0 Å². The molecule has 2 aromatic rings. The maximum atomic E-state index is 12.9. The fourth-order valence-corrected chi connectivity index (χ4v) is 2.15. The average Bonchev–Trinajstić information content (AvgIpc) is 2.74. The van der Waals surface area contributed by atoms with Gasteiger partial charge >= 0.3 is 6.18 Å². The van der Waals surface area contributed by atoms with Crippen LogP contribution in [0.2, 0.25) is 5.02 Å². The molecule has 0 amide bonds. The summed E-state index contributed by atoms with van der Waals surface area (Å²) in [7, 11) is 0. The van der Waals surface area contributed by atoms with Gasteiger partial charge in [0.15, 0.2) is 0 Å². The van der Waals surface area contributed by atoms with Crippen LogP contribution >= 0.6 is 27.5 Å². The number of hydrogen-bond acceptors (Lipinski definition) is 1. The van der Waals surface area contributed by atoms with Crippen LogP contribution in [-0.2, 0) is 11.5 Å². The van der Waals surface area contributed by atoms with Crippen LogP contribution in [0, 0.1) is 0 Å². The van der Waals surface area contributed by atoms with Gasteiger partial charge in [-0.3, -0.25) is 0 Å². The van der Waals surface area contributed by atoms with Crippen molar-refractivity contribution in [3.63, 3.8) is 0 Å². The van der Waals surface area contributed by atoms with E-state index in [9.17, 15) is 13.2 Å². The summed E-state index contributed by atoms with van der Waals surface area (Å²) in [6, 6.07) is 4.04. The topological polar surface area (TPSA) is 17.8 Å². The van der Waals surface area contributed by atoms with E-state index in [0.29, 0.717) is 10.7 Å². The van der Waals surface area contributed by atoms with Crippen molar-refractivity contribution in [1.82, 2.24) is 9.78 Å². The van der Waals surface area contributed by atoms with Crippen molar-refractivity contribution in [2.45, 2.75) is 11.5 Å². The zero-order valence-electron chi connectivity index (χ0n) is 8.88. The highest BCUT2D eigenvalue weighted by Gasteiger charge is 2.33. The van der Waals surface area contributed by atoms with E-state index in [1.54, 1.807) is 6.07 Å². The molecule has 0 aliphatic rings. The van der Waals surface area contributed by atoms with E-state index in [0.717, 1.165) is 6.07 Å². The second-order valence-electron chi connectivity index (χ2n) is 3.58. The lowest BCUT2D eigenvalue weighted by atomic mass is 10.1. The number of halogens is 5. The van der Waals surface area contributed by atoms with E-state index in [1.807, 2.05) is 0 Å². The first kappa shape index (κ1) is 13.4. The first-order chi connectivity index (χ1) is 8.41. The second kappa shape index (κ2) is 4.93. The minimum absolute atomic E-state index is 0.141. The smallest absolute Gasteiger partial charge is 0.239 e. The Morgan fingerprint density at radius 3 is 2.56 bits per heavy atom. The number of alkyl halides is 4. The molecule has 2 rings (SSSR count). The molecule has 0 fully saturated rings. The van der Waals surface area contributed by atoms with Crippen LogP contribution in [0.25, 0.3) is 5.69 Å². The second-order valence-corrected chi connectivity index (χ2v) is 4.57. The van der Waals surface area contributed by atoms with Crippen LogP contribution in [0.1, 0.15) is 11.1 Å². The minimum atomic E-state index is -4.39. The van der Waals surface area contributed by atoms with Crippen molar-refractivity contribution in [2.75, 3.05) is 0 Å². The highest BCUT2D eigenvalue weighted by Crippen LogP contribution is 2.34. The van der Waals surface area contributed by atoms with E-state index in [4.69, 9.17) is 11.6 Å². The molecule has 0 aliphatic heterocycles. The molecule has 0 aliphatic carbocycles. The van der Waals surface area contributed by atoms with Crippen molar-refractivity contribution >= 4 is 27.5 Å². The Morgan fingerprint density at radius 2 is 2.06 bits per heavy atom. The van der Waals surface area contributed by atoms with Gasteiger partial charge in [0, 0.05) is 11.5 Å². The summed E-state index contributed by atoms with van der Waals surface area (Å²) in [4.78, 5) is 0. The number of benzene rings is 1. The molecule has 7 heteroatoms. The summed E-state index contributed by atoms with van der Waals surface area (Å²) in [5.41, 5.74) is -0.174. The lowest BCUT2D eigenvalue weighted by Crippen LogP contribution is -2.10. The molecule has 1 heterocycles. The van der Waals surface area contributed by atoms with Gasteiger partial charge in [-0.05, 0) is 17.7 Å². The highest BCUT2D eigenvalue weighted by molar-refractivity contribution is 9.08. The number of aromatic nitrogens is 2. The maximum absolute atomic E-state index is 12.9. The van der Waals surface area contributed by atoms with Gasteiger partial charge in [0.2, 0.25) is 0 Å². The zero-order valence-corrected chi connectivity index (χ0v) is 11.2. The SMILES string of the molecule is FC(F)(F)c1cc(-n2cc(Cl)cn2)ccc1CBr. The fraction of sp³-hybridized carbons (Fsp3) is 0.182. The van der Waals surface area contributed by atoms with E-state index >= 15 is 0 Å². The van der Waals surface area contributed by atoms with Crippen molar-refractivity contribution in [3.05, 3.63) is 46.7 Å². The summed E-state index contributed by atoms with van der Waals surface area (Å²) >= 11 is 8.73. The summed E-state index contributed by atoms with van der Waals surface area (Å²) in [6.45, 7) is 0. The molecule has 0 radical (unpaired) electrons. The molecule has 0 N–H and O–H groups in total. The third kappa shape index (κ3) is 2.70. The minimum Gasteiger partial charge on any atom is -0.239 e. The first-order valence-electron chi connectivity index (χ1n) is 4.88. The quantitative estimate of drug-likeness (QED) is 0.740. The van der Waals surface area contributed by atoms with Gasteiger partial charge in [-0.15, -0.1) is 0 Å². The van der Waals surface area contributed by atoms with Gasteiger partial charge in [-0.1, -0.05) is 33.6 Å². The maximum Gasteiger partial charge on any atom is 0.416 e. The predicted molar refractivity (Wildman–Crippen MR) is 66.2 cm³/mol. The number of nitrogens with zero attached hydrogens (tertiary/aromatic N) is 2. The molecule has 0 saturated carbocycles. The molecule has 0 spiro atoms. The van der Waals surface area contributed by atoms with Crippen LogP contribution in [0.5, 0.6) is 0 Å².